The van der Waals surface area contributed by atoms with Gasteiger partial charge in [0.1, 0.15) is 0 Å². The van der Waals surface area contributed by atoms with Crippen molar-refractivity contribution in [2.75, 3.05) is 71.9 Å². The summed E-state index contributed by atoms with van der Waals surface area (Å²) in [6.07, 6.45) is 7.60. The molecule has 0 radical (unpaired) electrons. The molecule has 0 spiro atoms. The van der Waals surface area contributed by atoms with Crippen LogP contribution in [0.3, 0.4) is 0 Å². The van der Waals surface area contributed by atoms with Crippen molar-refractivity contribution in [3.8, 4) is 0 Å². The Morgan fingerprint density at radius 2 is 1.89 bits per heavy atom. The van der Waals surface area contributed by atoms with Crippen LogP contribution in [0.4, 0.5) is 5.69 Å². The third-order valence-electron chi connectivity index (χ3n) is 8.61. The number of ether oxygens (including phenoxy) is 2. The van der Waals surface area contributed by atoms with Crippen LogP contribution in [0.25, 0.3) is 0 Å². The molecular weight excluding hydrogens is 478 g/mol. The summed E-state index contributed by atoms with van der Waals surface area (Å²) in [6.45, 7) is 7.60. The zero-order chi connectivity index (χ0) is 26.4. The second-order valence-electron chi connectivity index (χ2n) is 11.0. The fourth-order valence-corrected chi connectivity index (χ4v) is 6.17. The molecule has 4 heterocycles. The van der Waals surface area contributed by atoms with Crippen LogP contribution in [-0.2, 0) is 26.3 Å². The Kier molecular flexibility index (Phi) is 8.94. The highest BCUT2D eigenvalue weighted by Gasteiger charge is 2.41. The first-order chi connectivity index (χ1) is 18.6. The van der Waals surface area contributed by atoms with Gasteiger partial charge in [-0.15, -0.1) is 0 Å². The normalized spacial score (nSPS) is 22.9. The van der Waals surface area contributed by atoms with Gasteiger partial charge in [0, 0.05) is 83.2 Å². The van der Waals surface area contributed by atoms with Gasteiger partial charge in [-0.1, -0.05) is 24.3 Å². The Morgan fingerprint density at radius 3 is 2.63 bits per heavy atom. The summed E-state index contributed by atoms with van der Waals surface area (Å²) in [5.74, 6) is 0.0687. The first-order valence-electron chi connectivity index (χ1n) is 14.2. The quantitative estimate of drug-likeness (QED) is 0.509. The monoisotopic (exact) mass is 521 g/mol. The van der Waals surface area contributed by atoms with Crippen molar-refractivity contribution < 1.29 is 14.3 Å². The number of likely N-dealkylation sites (tertiary alicyclic amines) is 1. The number of rotatable bonds is 9. The number of amides is 1. The molecule has 38 heavy (non-hydrogen) atoms. The Hall–Kier alpha value is -2.52. The number of aryl methyl sites for hydroxylation is 1. The summed E-state index contributed by atoms with van der Waals surface area (Å²) in [6, 6.07) is 12.4. The summed E-state index contributed by atoms with van der Waals surface area (Å²) >= 11 is 0. The van der Waals surface area contributed by atoms with Crippen LogP contribution in [-0.4, -0.2) is 104 Å². The fourth-order valence-electron chi connectivity index (χ4n) is 6.17. The van der Waals surface area contributed by atoms with Gasteiger partial charge >= 0.3 is 0 Å². The van der Waals surface area contributed by atoms with Crippen molar-refractivity contribution in [1.29, 1.82) is 0 Å². The van der Waals surface area contributed by atoms with Gasteiger partial charge in [-0.25, -0.2) is 0 Å². The van der Waals surface area contributed by atoms with Gasteiger partial charge in [0.15, 0.2) is 6.10 Å². The third-order valence-corrected chi connectivity index (χ3v) is 8.61. The Bertz CT molecular complexity index is 1040. The van der Waals surface area contributed by atoms with Crippen LogP contribution >= 0.6 is 0 Å². The molecule has 2 atom stereocenters. The number of methoxy groups -OCH3 is 1. The predicted molar refractivity (Wildman–Crippen MR) is 149 cm³/mol. The number of fused-ring (bicyclic) bond motifs is 1. The van der Waals surface area contributed by atoms with Gasteiger partial charge in [0.2, 0.25) is 0 Å². The molecule has 5 rings (SSSR count). The summed E-state index contributed by atoms with van der Waals surface area (Å²) in [5, 5.41) is 3.56. The van der Waals surface area contributed by atoms with Crippen LogP contribution in [0, 0.1) is 0 Å². The van der Waals surface area contributed by atoms with E-state index in [4.69, 9.17) is 9.47 Å². The van der Waals surface area contributed by atoms with E-state index < -0.39 is 11.7 Å². The molecule has 3 aliphatic heterocycles. The lowest BCUT2D eigenvalue weighted by molar-refractivity contribution is -0.150. The SMILES string of the molecule is COC(C(=O)N1CCC(OCCCN2CCN(C)CC2)(c2cccnc2)CC1)C1CCc2ccccc2N1. The van der Waals surface area contributed by atoms with E-state index in [-0.39, 0.29) is 11.9 Å². The fraction of sp³-hybridized carbons (Fsp3) is 0.600. The zero-order valence-corrected chi connectivity index (χ0v) is 23.0. The van der Waals surface area contributed by atoms with Gasteiger partial charge in [-0.3, -0.25) is 9.78 Å². The average Bonchev–Trinajstić information content (AvgIpc) is 2.97. The lowest BCUT2D eigenvalue weighted by Crippen LogP contribution is -2.54. The number of piperidine rings is 1. The van der Waals surface area contributed by atoms with E-state index in [1.807, 2.05) is 29.4 Å². The number of pyridine rings is 1. The molecule has 1 aromatic carbocycles. The third kappa shape index (κ3) is 6.20. The second-order valence-corrected chi connectivity index (χ2v) is 11.0. The van der Waals surface area contributed by atoms with Crippen molar-refractivity contribution in [1.82, 2.24) is 19.7 Å². The van der Waals surface area contributed by atoms with E-state index in [2.05, 4.69) is 51.4 Å². The smallest absolute Gasteiger partial charge is 0.253 e. The molecule has 8 heteroatoms. The highest BCUT2D eigenvalue weighted by Crippen LogP contribution is 2.37. The molecule has 2 fully saturated rings. The van der Waals surface area contributed by atoms with Gasteiger partial charge in [-0.05, 0) is 56.8 Å². The molecule has 2 saturated heterocycles. The summed E-state index contributed by atoms with van der Waals surface area (Å²) in [4.78, 5) is 24.9. The molecule has 0 aliphatic carbocycles. The van der Waals surface area contributed by atoms with Gasteiger partial charge in [-0.2, -0.15) is 0 Å². The summed E-state index contributed by atoms with van der Waals surface area (Å²) < 4.78 is 12.5. The molecule has 1 aromatic heterocycles. The molecule has 1 N–H and O–H groups in total. The van der Waals surface area contributed by atoms with Crippen LogP contribution in [0.2, 0.25) is 0 Å². The minimum atomic E-state index is -0.501. The van der Waals surface area contributed by atoms with Crippen LogP contribution < -0.4 is 5.32 Å². The van der Waals surface area contributed by atoms with E-state index in [0.29, 0.717) is 19.7 Å². The summed E-state index contributed by atoms with van der Waals surface area (Å²) in [7, 11) is 3.84. The van der Waals surface area contributed by atoms with Crippen molar-refractivity contribution in [3.05, 3.63) is 59.9 Å². The lowest BCUT2D eigenvalue weighted by Gasteiger charge is -2.43. The number of likely N-dealkylation sites (N-methyl/N-ethyl adjacent to an activating group) is 1. The maximum atomic E-state index is 13.6. The van der Waals surface area contributed by atoms with E-state index >= 15 is 0 Å². The van der Waals surface area contributed by atoms with E-state index in [1.54, 1.807) is 7.11 Å². The number of aromatic nitrogens is 1. The van der Waals surface area contributed by atoms with Gasteiger partial charge < -0.3 is 29.5 Å². The molecule has 206 valence electrons. The highest BCUT2D eigenvalue weighted by molar-refractivity contribution is 5.82. The Balaban J connectivity index is 1.19. The zero-order valence-electron chi connectivity index (χ0n) is 23.0. The summed E-state index contributed by atoms with van der Waals surface area (Å²) in [5.41, 5.74) is 3.12. The standard InChI is InChI=1S/C30H43N5O3/c1-33-18-20-34(21-19-33)15-6-22-38-30(25-8-5-14-31-23-25)12-16-35(17-13-30)29(36)28(37-2)27-11-10-24-7-3-4-9-26(24)32-27/h3-5,7-9,14,23,27-28,32H,6,10-13,15-22H2,1-2H3. The number of para-hydroxylation sites is 1. The number of carbonyl (C=O) groups excluding carboxylic acids is 1. The molecular formula is C30H43N5O3. The van der Waals surface area contributed by atoms with E-state index in [0.717, 1.165) is 76.1 Å². The number of carbonyl (C=O) groups is 1. The number of piperazine rings is 1. The van der Waals surface area contributed by atoms with Crippen LogP contribution in [0.15, 0.2) is 48.8 Å². The lowest BCUT2D eigenvalue weighted by atomic mass is 9.84. The van der Waals surface area contributed by atoms with Crippen molar-refractivity contribution in [2.45, 2.75) is 49.9 Å². The van der Waals surface area contributed by atoms with Gasteiger partial charge in [0.05, 0.1) is 11.6 Å². The molecule has 3 aliphatic rings. The number of hydrogen-bond donors (Lipinski definition) is 1. The van der Waals surface area contributed by atoms with E-state index in [1.165, 1.54) is 5.56 Å². The Labute approximate surface area is 227 Å². The Morgan fingerprint density at radius 1 is 1.11 bits per heavy atom. The first-order valence-corrected chi connectivity index (χ1v) is 14.2. The predicted octanol–water partition coefficient (Wildman–Crippen LogP) is 3.00. The minimum Gasteiger partial charge on any atom is -0.379 e. The average molecular weight is 522 g/mol. The number of benzene rings is 1. The second kappa shape index (κ2) is 12.6. The van der Waals surface area contributed by atoms with E-state index in [9.17, 15) is 4.79 Å². The maximum absolute atomic E-state index is 13.6. The molecule has 2 aromatic rings. The number of anilines is 1. The first kappa shape index (κ1) is 27.1. The van der Waals surface area contributed by atoms with Gasteiger partial charge in [0.25, 0.3) is 5.91 Å². The van der Waals surface area contributed by atoms with Crippen molar-refractivity contribution >= 4 is 11.6 Å². The maximum Gasteiger partial charge on any atom is 0.253 e. The largest absolute Gasteiger partial charge is 0.379 e. The van der Waals surface area contributed by atoms with Crippen molar-refractivity contribution in [2.24, 2.45) is 0 Å². The molecule has 2 unspecified atom stereocenters. The number of hydrogen-bond acceptors (Lipinski definition) is 7. The number of nitrogens with one attached hydrogen (secondary N) is 1. The topological polar surface area (TPSA) is 70.2 Å². The molecule has 1 amide bonds. The number of nitrogens with zero attached hydrogens (tertiary/aromatic N) is 4. The molecule has 0 saturated carbocycles. The van der Waals surface area contributed by atoms with Crippen molar-refractivity contribution in [3.63, 3.8) is 0 Å². The van der Waals surface area contributed by atoms with Crippen LogP contribution in [0.1, 0.15) is 36.8 Å². The molecule has 0 bridgehead atoms. The highest BCUT2D eigenvalue weighted by atomic mass is 16.5. The molecule has 8 nitrogen and oxygen atoms in total. The van der Waals surface area contributed by atoms with Crippen LogP contribution in [0.5, 0.6) is 0 Å². The minimum absolute atomic E-state index is 0.0294.